The number of nitrogens with two attached hydrogens (primary N) is 1. The third-order valence-electron chi connectivity index (χ3n) is 3.73. The van der Waals surface area contributed by atoms with Gasteiger partial charge in [-0.1, -0.05) is 0 Å². The topological polar surface area (TPSA) is 61.5 Å². The van der Waals surface area contributed by atoms with Crippen molar-refractivity contribution >= 4 is 17.7 Å². The molecule has 0 aromatic rings. The number of rotatable bonds is 5. The highest BCUT2D eigenvalue weighted by Gasteiger charge is 2.43. The van der Waals surface area contributed by atoms with Gasteiger partial charge in [0.25, 0.3) is 0 Å². The SMILES string of the molecule is CCOC(=O)C1(N)CCC(SCC2CCCO2)C1. The van der Waals surface area contributed by atoms with E-state index in [0.717, 1.165) is 31.6 Å². The fourth-order valence-electron chi connectivity index (χ4n) is 2.65. The maximum absolute atomic E-state index is 11.8. The summed E-state index contributed by atoms with van der Waals surface area (Å²) in [6.45, 7) is 3.13. The standard InChI is InChI=1S/C13H23NO3S/c1-2-16-12(15)13(14)6-5-11(8-13)18-9-10-4-3-7-17-10/h10-11H,2-9,14H2,1H3. The van der Waals surface area contributed by atoms with Gasteiger partial charge in [-0.3, -0.25) is 4.79 Å². The average Bonchev–Trinajstić information content (AvgIpc) is 2.97. The lowest BCUT2D eigenvalue weighted by atomic mass is 10.00. The largest absolute Gasteiger partial charge is 0.465 e. The van der Waals surface area contributed by atoms with E-state index < -0.39 is 5.54 Å². The molecule has 0 radical (unpaired) electrons. The first-order valence-electron chi connectivity index (χ1n) is 6.83. The summed E-state index contributed by atoms with van der Waals surface area (Å²) in [5, 5.41) is 0.476. The molecule has 0 bridgehead atoms. The molecule has 3 atom stereocenters. The van der Waals surface area contributed by atoms with E-state index in [0.29, 0.717) is 18.0 Å². The van der Waals surface area contributed by atoms with Crippen LogP contribution in [0.25, 0.3) is 0 Å². The summed E-state index contributed by atoms with van der Waals surface area (Å²) < 4.78 is 10.7. The van der Waals surface area contributed by atoms with Crippen LogP contribution in [0.3, 0.4) is 0 Å². The van der Waals surface area contributed by atoms with Crippen LogP contribution in [0.2, 0.25) is 0 Å². The third kappa shape index (κ3) is 3.39. The van der Waals surface area contributed by atoms with Gasteiger partial charge in [0.2, 0.25) is 0 Å². The van der Waals surface area contributed by atoms with Crippen molar-refractivity contribution in [3.63, 3.8) is 0 Å². The molecule has 1 saturated carbocycles. The molecule has 0 amide bonds. The van der Waals surface area contributed by atoms with Crippen molar-refractivity contribution in [1.82, 2.24) is 0 Å². The maximum Gasteiger partial charge on any atom is 0.326 e. The molecular weight excluding hydrogens is 250 g/mol. The number of hydrogen-bond donors (Lipinski definition) is 1. The summed E-state index contributed by atoms with van der Waals surface area (Å²) in [6, 6.07) is 0. The number of carbonyl (C=O) groups excluding carboxylic acids is 1. The molecule has 18 heavy (non-hydrogen) atoms. The zero-order valence-corrected chi connectivity index (χ0v) is 11.8. The van der Waals surface area contributed by atoms with E-state index in [1.807, 2.05) is 18.7 Å². The minimum atomic E-state index is -0.746. The Morgan fingerprint density at radius 1 is 1.56 bits per heavy atom. The van der Waals surface area contributed by atoms with Gasteiger partial charge in [0.15, 0.2) is 0 Å². The van der Waals surface area contributed by atoms with Gasteiger partial charge < -0.3 is 15.2 Å². The monoisotopic (exact) mass is 273 g/mol. The lowest BCUT2D eigenvalue weighted by molar-refractivity contribution is -0.149. The molecule has 2 fully saturated rings. The summed E-state index contributed by atoms with van der Waals surface area (Å²) in [5.41, 5.74) is 5.40. The maximum atomic E-state index is 11.8. The number of hydrogen-bond acceptors (Lipinski definition) is 5. The van der Waals surface area contributed by atoms with Crippen LogP contribution in [0.15, 0.2) is 0 Å². The highest BCUT2D eigenvalue weighted by molar-refractivity contribution is 7.99. The Hall–Kier alpha value is -0.260. The van der Waals surface area contributed by atoms with Gasteiger partial charge in [0, 0.05) is 17.6 Å². The zero-order valence-electron chi connectivity index (χ0n) is 11.0. The summed E-state index contributed by atoms with van der Waals surface area (Å²) in [4.78, 5) is 11.8. The van der Waals surface area contributed by atoms with Gasteiger partial charge in [-0.2, -0.15) is 11.8 Å². The number of esters is 1. The molecule has 3 unspecified atom stereocenters. The molecule has 5 heteroatoms. The summed E-state index contributed by atoms with van der Waals surface area (Å²) in [7, 11) is 0. The van der Waals surface area contributed by atoms with Crippen LogP contribution >= 0.6 is 11.8 Å². The fraction of sp³-hybridized carbons (Fsp3) is 0.923. The van der Waals surface area contributed by atoms with Crippen molar-refractivity contribution in [2.45, 2.75) is 55.9 Å². The van der Waals surface area contributed by atoms with E-state index in [1.165, 1.54) is 12.8 Å². The number of ether oxygens (including phenoxy) is 2. The van der Waals surface area contributed by atoms with Crippen LogP contribution in [-0.4, -0.2) is 41.8 Å². The molecule has 1 aliphatic carbocycles. The van der Waals surface area contributed by atoms with E-state index >= 15 is 0 Å². The first-order chi connectivity index (χ1) is 8.64. The molecule has 2 rings (SSSR count). The highest BCUT2D eigenvalue weighted by atomic mass is 32.2. The van der Waals surface area contributed by atoms with Crippen LogP contribution in [0.5, 0.6) is 0 Å². The van der Waals surface area contributed by atoms with Crippen LogP contribution in [0.4, 0.5) is 0 Å². The van der Waals surface area contributed by atoms with Crippen molar-refractivity contribution in [2.24, 2.45) is 5.73 Å². The van der Waals surface area contributed by atoms with E-state index in [4.69, 9.17) is 15.2 Å². The zero-order chi connectivity index (χ0) is 13.0. The smallest absolute Gasteiger partial charge is 0.326 e. The summed E-state index contributed by atoms with van der Waals surface area (Å²) >= 11 is 1.91. The Kier molecular flexibility index (Phi) is 4.92. The van der Waals surface area contributed by atoms with Gasteiger partial charge in [0.1, 0.15) is 5.54 Å². The lowest BCUT2D eigenvalue weighted by Crippen LogP contribution is -2.47. The number of thioether (sulfide) groups is 1. The molecule has 1 aliphatic heterocycles. The van der Waals surface area contributed by atoms with Crippen molar-refractivity contribution in [1.29, 1.82) is 0 Å². The molecule has 0 aromatic carbocycles. The molecule has 104 valence electrons. The average molecular weight is 273 g/mol. The lowest BCUT2D eigenvalue weighted by Gasteiger charge is -2.21. The van der Waals surface area contributed by atoms with E-state index in [9.17, 15) is 4.79 Å². The molecular formula is C13H23NO3S. The van der Waals surface area contributed by atoms with Crippen molar-refractivity contribution in [2.75, 3.05) is 19.0 Å². The molecule has 4 nitrogen and oxygen atoms in total. The fourth-order valence-corrected chi connectivity index (χ4v) is 4.10. The number of carbonyl (C=O) groups is 1. The van der Waals surface area contributed by atoms with Gasteiger partial charge in [-0.05, 0) is 39.0 Å². The predicted molar refractivity (Wildman–Crippen MR) is 72.6 cm³/mol. The molecule has 2 N–H and O–H groups in total. The van der Waals surface area contributed by atoms with E-state index in [-0.39, 0.29) is 5.97 Å². The third-order valence-corrected chi connectivity index (χ3v) is 5.17. The minimum absolute atomic E-state index is 0.231. The van der Waals surface area contributed by atoms with Gasteiger partial charge in [-0.15, -0.1) is 0 Å². The first-order valence-corrected chi connectivity index (χ1v) is 7.88. The van der Waals surface area contributed by atoms with Crippen molar-refractivity contribution in [3.05, 3.63) is 0 Å². The van der Waals surface area contributed by atoms with Crippen molar-refractivity contribution < 1.29 is 14.3 Å². The molecule has 1 heterocycles. The quantitative estimate of drug-likeness (QED) is 0.773. The van der Waals surface area contributed by atoms with Gasteiger partial charge in [-0.25, -0.2) is 0 Å². The second-order valence-electron chi connectivity index (χ2n) is 5.21. The molecule has 0 spiro atoms. The minimum Gasteiger partial charge on any atom is -0.465 e. The van der Waals surface area contributed by atoms with Crippen LogP contribution in [0.1, 0.15) is 39.0 Å². The summed E-state index contributed by atoms with van der Waals surface area (Å²) in [5.74, 6) is 0.800. The highest BCUT2D eigenvalue weighted by Crippen LogP contribution is 2.37. The Labute approximate surface area is 113 Å². The first kappa shape index (κ1) is 14.2. The normalized spacial score (nSPS) is 35.9. The second-order valence-corrected chi connectivity index (χ2v) is 6.54. The summed E-state index contributed by atoms with van der Waals surface area (Å²) in [6.07, 6.45) is 5.25. The Morgan fingerprint density at radius 3 is 3.06 bits per heavy atom. The predicted octanol–water partition coefficient (Wildman–Crippen LogP) is 1.71. The molecule has 1 saturated heterocycles. The van der Waals surface area contributed by atoms with Gasteiger partial charge in [0.05, 0.1) is 12.7 Å². The van der Waals surface area contributed by atoms with Crippen LogP contribution in [0, 0.1) is 0 Å². The van der Waals surface area contributed by atoms with Crippen LogP contribution in [-0.2, 0) is 14.3 Å². The Balaban J connectivity index is 1.74. The van der Waals surface area contributed by atoms with Crippen LogP contribution < -0.4 is 5.73 Å². The van der Waals surface area contributed by atoms with Gasteiger partial charge >= 0.3 is 5.97 Å². The van der Waals surface area contributed by atoms with Crippen molar-refractivity contribution in [3.8, 4) is 0 Å². The van der Waals surface area contributed by atoms with E-state index in [2.05, 4.69) is 0 Å². The Morgan fingerprint density at radius 2 is 2.39 bits per heavy atom. The second kappa shape index (κ2) is 6.26. The molecule has 2 aliphatic rings. The Bertz CT molecular complexity index is 294. The van der Waals surface area contributed by atoms with E-state index in [1.54, 1.807) is 0 Å². The molecule has 0 aromatic heterocycles.